The van der Waals surface area contributed by atoms with Gasteiger partial charge in [-0.15, -0.1) is 11.8 Å². The molecule has 0 aromatic heterocycles. The molecule has 2 aliphatic rings. The number of benzene rings is 3. The SMILES string of the molecule is COc1cc(C=C2C(=N)N3N=C(c4ccccc4Cl)SC3=NC2=O)ccc1OCCSc1ccc(C)cc1. The van der Waals surface area contributed by atoms with Gasteiger partial charge < -0.3 is 9.47 Å². The van der Waals surface area contributed by atoms with E-state index in [1.807, 2.05) is 24.3 Å². The van der Waals surface area contributed by atoms with Gasteiger partial charge >= 0.3 is 0 Å². The van der Waals surface area contributed by atoms with Crippen LogP contribution in [0.5, 0.6) is 11.5 Å². The second kappa shape index (κ2) is 11.5. The van der Waals surface area contributed by atoms with Gasteiger partial charge in [-0.1, -0.05) is 53.6 Å². The molecule has 0 bridgehead atoms. The van der Waals surface area contributed by atoms with Crippen molar-refractivity contribution in [1.82, 2.24) is 5.01 Å². The van der Waals surface area contributed by atoms with Crippen LogP contribution in [0.3, 0.4) is 0 Å². The van der Waals surface area contributed by atoms with Crippen molar-refractivity contribution in [2.75, 3.05) is 19.5 Å². The maximum Gasteiger partial charge on any atom is 0.283 e. The quantitative estimate of drug-likeness (QED) is 0.192. The average Bonchev–Trinajstić information content (AvgIpc) is 3.34. The standard InChI is InChI=1S/C28H23ClN4O3S2/c1-17-7-10-19(11-8-17)37-14-13-36-23-12-9-18(16-24(23)35-2)15-21-25(30)33-28(31-26(21)34)38-27(32-33)20-5-3-4-6-22(20)29/h3-12,15-16,30H,13-14H2,1-2H3. The van der Waals surface area contributed by atoms with Gasteiger partial charge in [-0.25, -0.2) is 0 Å². The highest BCUT2D eigenvalue weighted by atomic mass is 35.5. The van der Waals surface area contributed by atoms with Gasteiger partial charge in [-0.05, 0) is 60.7 Å². The third-order valence-corrected chi connectivity index (χ3v) is 7.94. The summed E-state index contributed by atoms with van der Waals surface area (Å²) in [6.07, 6.45) is 1.61. The van der Waals surface area contributed by atoms with E-state index >= 15 is 0 Å². The Hall–Kier alpha value is -3.53. The van der Waals surface area contributed by atoms with E-state index < -0.39 is 5.91 Å². The van der Waals surface area contributed by atoms with Crippen molar-refractivity contribution in [3.8, 4) is 11.5 Å². The van der Waals surface area contributed by atoms with E-state index in [0.717, 1.165) is 11.3 Å². The van der Waals surface area contributed by atoms with Gasteiger partial charge in [-0.3, -0.25) is 10.2 Å². The number of carbonyl (C=O) groups is 1. The predicted molar refractivity (Wildman–Crippen MR) is 156 cm³/mol. The molecule has 1 N–H and O–H groups in total. The Labute approximate surface area is 234 Å². The predicted octanol–water partition coefficient (Wildman–Crippen LogP) is 6.50. The molecule has 0 atom stereocenters. The third kappa shape index (κ3) is 5.65. The number of hydrogen-bond acceptors (Lipinski definition) is 7. The van der Waals surface area contributed by atoms with Gasteiger partial charge in [0.2, 0.25) is 5.17 Å². The number of methoxy groups -OCH3 is 1. The van der Waals surface area contributed by atoms with Gasteiger partial charge in [0.05, 0.1) is 24.3 Å². The third-order valence-electron chi connectivity index (χ3n) is 5.69. The van der Waals surface area contributed by atoms with Crippen LogP contribution in [0.2, 0.25) is 5.02 Å². The number of amidine groups is 2. The lowest BCUT2D eigenvalue weighted by atomic mass is 10.1. The van der Waals surface area contributed by atoms with Gasteiger partial charge in [-0.2, -0.15) is 15.1 Å². The summed E-state index contributed by atoms with van der Waals surface area (Å²) in [5.41, 5.74) is 2.76. The molecule has 0 unspecified atom stereocenters. The van der Waals surface area contributed by atoms with E-state index in [-0.39, 0.29) is 11.4 Å². The van der Waals surface area contributed by atoms with E-state index in [2.05, 4.69) is 41.3 Å². The summed E-state index contributed by atoms with van der Waals surface area (Å²) in [5.74, 6) is 1.37. The van der Waals surface area contributed by atoms with Gasteiger partial charge in [0.25, 0.3) is 5.91 Å². The number of aryl methyl sites for hydroxylation is 1. The van der Waals surface area contributed by atoms with E-state index in [4.69, 9.17) is 26.5 Å². The summed E-state index contributed by atoms with van der Waals surface area (Å²) in [6, 6.07) is 21.1. The number of hydrogen-bond donors (Lipinski definition) is 1. The lowest BCUT2D eigenvalue weighted by Gasteiger charge is -2.20. The van der Waals surface area contributed by atoms with Crippen LogP contribution in [0.1, 0.15) is 16.7 Å². The van der Waals surface area contributed by atoms with Crippen LogP contribution in [0, 0.1) is 12.3 Å². The topological polar surface area (TPSA) is 87.3 Å². The minimum Gasteiger partial charge on any atom is -0.493 e. The molecule has 0 fully saturated rings. The number of rotatable bonds is 8. The zero-order valence-corrected chi connectivity index (χ0v) is 23.0. The van der Waals surface area contributed by atoms with E-state index in [1.165, 1.54) is 27.2 Å². The van der Waals surface area contributed by atoms with E-state index in [1.54, 1.807) is 43.1 Å². The highest BCUT2D eigenvalue weighted by Crippen LogP contribution is 2.34. The largest absolute Gasteiger partial charge is 0.493 e. The first kappa shape index (κ1) is 26.1. The van der Waals surface area contributed by atoms with Gasteiger partial charge in [0.15, 0.2) is 17.3 Å². The minimum absolute atomic E-state index is 0.0537. The number of nitrogens with one attached hydrogen (secondary N) is 1. The van der Waals surface area contributed by atoms with E-state index in [9.17, 15) is 4.79 Å². The van der Waals surface area contributed by atoms with Crippen molar-refractivity contribution in [2.45, 2.75) is 11.8 Å². The summed E-state index contributed by atoms with van der Waals surface area (Å²) in [5, 5.41) is 15.9. The summed E-state index contributed by atoms with van der Waals surface area (Å²) in [6.45, 7) is 2.58. The van der Waals surface area contributed by atoms with Gasteiger partial charge in [0.1, 0.15) is 5.04 Å². The Morgan fingerprint density at radius 2 is 1.89 bits per heavy atom. The van der Waals surface area contributed by atoms with Crippen molar-refractivity contribution in [3.63, 3.8) is 0 Å². The lowest BCUT2D eigenvalue weighted by molar-refractivity contribution is -0.114. The summed E-state index contributed by atoms with van der Waals surface area (Å²) in [4.78, 5) is 18.2. The molecule has 5 rings (SSSR count). The Balaban J connectivity index is 1.29. The van der Waals surface area contributed by atoms with Crippen molar-refractivity contribution in [2.24, 2.45) is 10.1 Å². The number of thioether (sulfide) groups is 2. The van der Waals surface area contributed by atoms with Crippen molar-refractivity contribution >= 4 is 63.2 Å². The number of carbonyl (C=O) groups excluding carboxylic acids is 1. The highest BCUT2D eigenvalue weighted by molar-refractivity contribution is 8.27. The minimum atomic E-state index is -0.503. The second-order valence-corrected chi connectivity index (χ2v) is 10.9. The first-order chi connectivity index (χ1) is 18.4. The fourth-order valence-corrected chi connectivity index (χ4v) is 5.68. The molecular formula is C28H23ClN4O3S2. The number of hydrazone groups is 1. The molecule has 3 aromatic rings. The molecule has 38 heavy (non-hydrogen) atoms. The molecule has 0 saturated carbocycles. The lowest BCUT2D eigenvalue weighted by Crippen LogP contribution is -2.35. The summed E-state index contributed by atoms with van der Waals surface area (Å²) >= 11 is 9.24. The molecule has 192 valence electrons. The Morgan fingerprint density at radius 1 is 1.11 bits per heavy atom. The Kier molecular flexibility index (Phi) is 7.87. The Bertz CT molecular complexity index is 1500. The summed E-state index contributed by atoms with van der Waals surface area (Å²) in [7, 11) is 1.57. The molecule has 3 aromatic carbocycles. The van der Waals surface area contributed by atoms with Crippen LogP contribution in [0.25, 0.3) is 6.08 Å². The number of nitrogens with zero attached hydrogens (tertiary/aromatic N) is 3. The van der Waals surface area contributed by atoms with Crippen LogP contribution in [0.15, 0.2) is 87.3 Å². The molecule has 0 aliphatic carbocycles. The van der Waals surface area contributed by atoms with Crippen LogP contribution < -0.4 is 9.47 Å². The van der Waals surface area contributed by atoms with Crippen LogP contribution in [0.4, 0.5) is 0 Å². The van der Waals surface area contributed by atoms with Crippen molar-refractivity contribution in [3.05, 3.63) is 94.0 Å². The zero-order chi connectivity index (χ0) is 26.6. The van der Waals surface area contributed by atoms with Crippen molar-refractivity contribution in [1.29, 1.82) is 5.41 Å². The molecule has 2 heterocycles. The molecular weight excluding hydrogens is 540 g/mol. The van der Waals surface area contributed by atoms with Crippen LogP contribution in [-0.4, -0.2) is 46.4 Å². The van der Waals surface area contributed by atoms with Crippen LogP contribution in [-0.2, 0) is 4.79 Å². The molecule has 1 amide bonds. The molecule has 7 nitrogen and oxygen atoms in total. The zero-order valence-electron chi connectivity index (χ0n) is 20.6. The first-order valence-electron chi connectivity index (χ1n) is 11.7. The molecule has 2 aliphatic heterocycles. The maximum absolute atomic E-state index is 12.8. The Morgan fingerprint density at radius 3 is 2.66 bits per heavy atom. The fraction of sp³-hybridized carbons (Fsp3) is 0.143. The molecule has 10 heteroatoms. The highest BCUT2D eigenvalue weighted by Gasteiger charge is 2.36. The molecule has 0 spiro atoms. The number of ether oxygens (including phenoxy) is 2. The average molecular weight is 563 g/mol. The molecule has 0 saturated heterocycles. The monoisotopic (exact) mass is 562 g/mol. The first-order valence-corrected chi connectivity index (χ1v) is 13.9. The van der Waals surface area contributed by atoms with Crippen LogP contribution >= 0.6 is 35.1 Å². The summed E-state index contributed by atoms with van der Waals surface area (Å²) < 4.78 is 11.5. The molecule has 0 radical (unpaired) electrons. The number of halogens is 1. The smallest absolute Gasteiger partial charge is 0.283 e. The number of aliphatic imine (C=N–C) groups is 1. The van der Waals surface area contributed by atoms with E-state index in [0.29, 0.717) is 38.9 Å². The number of amides is 1. The number of fused-ring (bicyclic) bond motifs is 1. The second-order valence-electron chi connectivity index (χ2n) is 8.33. The maximum atomic E-state index is 12.8. The normalized spacial score (nSPS) is 15.9. The van der Waals surface area contributed by atoms with Crippen molar-refractivity contribution < 1.29 is 14.3 Å². The fourth-order valence-electron chi connectivity index (χ4n) is 3.74. The van der Waals surface area contributed by atoms with Gasteiger partial charge in [0, 0.05) is 16.2 Å².